The van der Waals surface area contributed by atoms with Crippen molar-refractivity contribution in [3.8, 4) is 0 Å². The molecule has 0 N–H and O–H groups in total. The van der Waals surface area contributed by atoms with E-state index in [-0.39, 0.29) is 0 Å². The molecule has 0 spiro atoms. The van der Waals surface area contributed by atoms with Crippen LogP contribution in [0.2, 0.25) is 0 Å². The summed E-state index contributed by atoms with van der Waals surface area (Å²) in [7, 11) is 0. The molecule has 0 radical (unpaired) electrons. The minimum atomic E-state index is 0.443. The lowest BCUT2D eigenvalue weighted by molar-refractivity contribution is 0.522. The van der Waals surface area contributed by atoms with Crippen LogP contribution < -0.4 is 0 Å². The summed E-state index contributed by atoms with van der Waals surface area (Å²) in [6.45, 7) is 4.58. The third-order valence-electron chi connectivity index (χ3n) is 5.74. The highest BCUT2D eigenvalue weighted by atomic mass is 35.5. The molecule has 0 bridgehead atoms. The molecule has 0 aromatic heterocycles. The molecular weight excluding hydrogens is 336 g/mol. The van der Waals surface area contributed by atoms with Crippen molar-refractivity contribution in [3.05, 3.63) is 0 Å². The van der Waals surface area contributed by atoms with Crippen LogP contribution in [-0.2, 0) is 0 Å². The van der Waals surface area contributed by atoms with Crippen molar-refractivity contribution >= 4 is 11.6 Å². The first-order valence-electron chi connectivity index (χ1n) is 12.4. The van der Waals surface area contributed by atoms with E-state index in [0.29, 0.717) is 5.38 Å². The third-order valence-corrected chi connectivity index (χ3v) is 6.18. The molecule has 0 amide bonds. The zero-order valence-electron chi connectivity index (χ0n) is 18.5. The Labute approximate surface area is 172 Å². The normalized spacial score (nSPS) is 11.5. The van der Waals surface area contributed by atoms with Crippen LogP contribution in [0, 0.1) is 0 Å². The van der Waals surface area contributed by atoms with Gasteiger partial charge >= 0.3 is 0 Å². The molecule has 0 heterocycles. The first-order chi connectivity index (χ1) is 12.8. The fraction of sp³-hybridized carbons (Fsp3) is 1.00. The number of rotatable bonds is 22. The van der Waals surface area contributed by atoms with E-state index in [1.807, 2.05) is 0 Å². The second kappa shape index (κ2) is 23.3. The van der Waals surface area contributed by atoms with Gasteiger partial charge in [-0.3, -0.25) is 0 Å². The minimum Gasteiger partial charge on any atom is -0.123 e. The van der Waals surface area contributed by atoms with E-state index in [4.69, 9.17) is 11.6 Å². The van der Waals surface area contributed by atoms with Crippen molar-refractivity contribution in [3.63, 3.8) is 0 Å². The summed E-state index contributed by atoms with van der Waals surface area (Å²) in [5.41, 5.74) is 0. The molecule has 0 fully saturated rings. The molecule has 1 heteroatoms. The molecule has 0 atom stereocenters. The van der Waals surface area contributed by atoms with Gasteiger partial charge in [0.1, 0.15) is 0 Å². The molecule has 0 rings (SSSR count). The van der Waals surface area contributed by atoms with Crippen molar-refractivity contribution in [1.82, 2.24) is 0 Å². The topological polar surface area (TPSA) is 0 Å². The first kappa shape index (κ1) is 26.3. The summed E-state index contributed by atoms with van der Waals surface area (Å²) in [5, 5.41) is 0.443. The van der Waals surface area contributed by atoms with Crippen molar-refractivity contribution in [2.75, 3.05) is 0 Å². The van der Waals surface area contributed by atoms with Gasteiger partial charge in [0.2, 0.25) is 0 Å². The number of hydrogen-bond acceptors (Lipinski definition) is 0. The number of alkyl halides is 1. The standard InChI is InChI=1S/C25H51Cl/c1-3-5-7-9-11-13-15-17-19-21-23-25(26)24-22-20-18-16-14-12-10-8-6-4-2/h25H,3-24H2,1-2H3. The molecule has 0 aromatic carbocycles. The first-order valence-corrected chi connectivity index (χ1v) is 12.9. The molecule has 0 aliphatic rings. The Morgan fingerprint density at radius 1 is 0.385 bits per heavy atom. The van der Waals surface area contributed by atoms with E-state index >= 15 is 0 Å². The number of halogens is 1. The van der Waals surface area contributed by atoms with Gasteiger partial charge in [-0.1, -0.05) is 142 Å². The fourth-order valence-electron chi connectivity index (χ4n) is 3.85. The van der Waals surface area contributed by atoms with Gasteiger partial charge in [-0.05, 0) is 12.8 Å². The van der Waals surface area contributed by atoms with Crippen molar-refractivity contribution < 1.29 is 0 Å². The summed E-state index contributed by atoms with van der Waals surface area (Å²) in [5.74, 6) is 0. The van der Waals surface area contributed by atoms with Crippen LogP contribution in [0.15, 0.2) is 0 Å². The Hall–Kier alpha value is 0.290. The zero-order valence-corrected chi connectivity index (χ0v) is 19.3. The van der Waals surface area contributed by atoms with Crippen LogP contribution in [0.25, 0.3) is 0 Å². The number of hydrogen-bond donors (Lipinski definition) is 0. The van der Waals surface area contributed by atoms with Crippen LogP contribution in [0.4, 0.5) is 0 Å². The van der Waals surface area contributed by atoms with Gasteiger partial charge in [0.15, 0.2) is 0 Å². The van der Waals surface area contributed by atoms with Crippen molar-refractivity contribution in [1.29, 1.82) is 0 Å². The average Bonchev–Trinajstić information content (AvgIpc) is 2.64. The molecule has 0 saturated heterocycles. The van der Waals surface area contributed by atoms with Gasteiger partial charge in [0, 0.05) is 5.38 Å². The lowest BCUT2D eigenvalue weighted by Gasteiger charge is -2.09. The smallest absolute Gasteiger partial charge is 0.0336 e. The molecule has 26 heavy (non-hydrogen) atoms. The summed E-state index contributed by atoms with van der Waals surface area (Å²) >= 11 is 6.50. The maximum Gasteiger partial charge on any atom is 0.0336 e. The largest absolute Gasteiger partial charge is 0.123 e. The third kappa shape index (κ3) is 22.3. The Bertz CT molecular complexity index is 214. The molecular formula is C25H51Cl. The maximum absolute atomic E-state index is 6.50. The summed E-state index contributed by atoms with van der Waals surface area (Å²) in [4.78, 5) is 0. The summed E-state index contributed by atoms with van der Waals surface area (Å²) in [6, 6.07) is 0. The van der Waals surface area contributed by atoms with Gasteiger partial charge in [0.25, 0.3) is 0 Å². The molecule has 0 aromatic rings. The lowest BCUT2D eigenvalue weighted by atomic mass is 10.0. The molecule has 0 unspecified atom stereocenters. The molecule has 0 saturated carbocycles. The molecule has 0 aliphatic carbocycles. The minimum absolute atomic E-state index is 0.443. The van der Waals surface area contributed by atoms with E-state index in [0.717, 1.165) is 0 Å². The molecule has 0 nitrogen and oxygen atoms in total. The fourth-order valence-corrected chi connectivity index (χ4v) is 4.16. The van der Waals surface area contributed by atoms with Crippen LogP contribution in [0.1, 0.15) is 155 Å². The Balaban J connectivity index is 3.12. The Morgan fingerprint density at radius 3 is 0.885 bits per heavy atom. The van der Waals surface area contributed by atoms with E-state index in [2.05, 4.69) is 13.8 Å². The average molecular weight is 387 g/mol. The molecule has 0 aliphatic heterocycles. The van der Waals surface area contributed by atoms with Gasteiger partial charge in [0.05, 0.1) is 0 Å². The van der Waals surface area contributed by atoms with E-state index in [1.165, 1.54) is 141 Å². The van der Waals surface area contributed by atoms with Gasteiger partial charge < -0.3 is 0 Å². The van der Waals surface area contributed by atoms with Crippen LogP contribution in [0.3, 0.4) is 0 Å². The SMILES string of the molecule is CCCCCCCCCCCCC(Cl)CCCCCCCCCCCC. The predicted molar refractivity (Wildman–Crippen MR) is 123 cm³/mol. The van der Waals surface area contributed by atoms with Gasteiger partial charge in [-0.2, -0.15) is 0 Å². The summed E-state index contributed by atoms with van der Waals surface area (Å²) in [6.07, 6.45) is 30.9. The van der Waals surface area contributed by atoms with Crippen molar-refractivity contribution in [2.45, 2.75) is 160 Å². The Kier molecular flexibility index (Phi) is 23.6. The highest BCUT2D eigenvalue weighted by Gasteiger charge is 2.04. The summed E-state index contributed by atoms with van der Waals surface area (Å²) < 4.78 is 0. The highest BCUT2D eigenvalue weighted by Crippen LogP contribution is 2.18. The second-order valence-electron chi connectivity index (χ2n) is 8.54. The van der Waals surface area contributed by atoms with Gasteiger partial charge in [-0.15, -0.1) is 11.6 Å². The van der Waals surface area contributed by atoms with Gasteiger partial charge in [-0.25, -0.2) is 0 Å². The number of unbranched alkanes of at least 4 members (excludes halogenated alkanes) is 18. The van der Waals surface area contributed by atoms with E-state index in [9.17, 15) is 0 Å². The van der Waals surface area contributed by atoms with Crippen LogP contribution in [-0.4, -0.2) is 5.38 Å². The van der Waals surface area contributed by atoms with Crippen LogP contribution >= 0.6 is 11.6 Å². The molecule has 158 valence electrons. The van der Waals surface area contributed by atoms with Crippen LogP contribution in [0.5, 0.6) is 0 Å². The monoisotopic (exact) mass is 386 g/mol. The quantitative estimate of drug-likeness (QED) is 0.128. The van der Waals surface area contributed by atoms with Crippen molar-refractivity contribution in [2.24, 2.45) is 0 Å². The maximum atomic E-state index is 6.50. The second-order valence-corrected chi connectivity index (χ2v) is 9.16. The van der Waals surface area contributed by atoms with E-state index < -0.39 is 0 Å². The Morgan fingerprint density at radius 2 is 0.615 bits per heavy atom. The van der Waals surface area contributed by atoms with E-state index in [1.54, 1.807) is 0 Å². The predicted octanol–water partition coefficient (Wildman–Crippen LogP) is 10.2. The zero-order chi connectivity index (χ0) is 19.1. The highest BCUT2D eigenvalue weighted by molar-refractivity contribution is 6.20. The lowest BCUT2D eigenvalue weighted by Crippen LogP contribution is -1.98.